The first kappa shape index (κ1) is 20.7. The molecule has 1 fully saturated rings. The Bertz CT molecular complexity index is 766. The highest BCUT2D eigenvalue weighted by Gasteiger charge is 2.36. The van der Waals surface area contributed by atoms with Crippen LogP contribution in [0.15, 0.2) is 41.4 Å². The van der Waals surface area contributed by atoms with Crippen molar-refractivity contribution in [1.29, 1.82) is 0 Å². The third kappa shape index (κ3) is 5.26. The molecule has 0 amide bonds. The van der Waals surface area contributed by atoms with Gasteiger partial charge in [-0.2, -0.15) is 0 Å². The van der Waals surface area contributed by atoms with Crippen molar-refractivity contribution in [3.63, 3.8) is 0 Å². The minimum atomic E-state index is 0.373. The minimum absolute atomic E-state index is 0.373. The van der Waals surface area contributed by atoms with Gasteiger partial charge in [0.15, 0.2) is 5.96 Å². The number of thiophene rings is 1. The third-order valence-electron chi connectivity index (χ3n) is 5.57. The topological polar surface area (TPSA) is 54.9 Å². The van der Waals surface area contributed by atoms with Crippen molar-refractivity contribution in [3.8, 4) is 16.2 Å². The van der Waals surface area contributed by atoms with Crippen molar-refractivity contribution in [2.45, 2.75) is 32.2 Å². The van der Waals surface area contributed by atoms with Crippen LogP contribution in [-0.2, 0) is 11.3 Å². The van der Waals surface area contributed by atoms with E-state index < -0.39 is 0 Å². The van der Waals surface area contributed by atoms with E-state index in [1.807, 2.05) is 19.2 Å². The fourth-order valence-corrected chi connectivity index (χ4v) is 4.51. The maximum absolute atomic E-state index is 5.28. The summed E-state index contributed by atoms with van der Waals surface area (Å²) < 4.78 is 10.5. The molecular weight excluding hydrogens is 370 g/mol. The lowest BCUT2D eigenvalue weighted by Gasteiger charge is -2.42. The highest BCUT2D eigenvalue weighted by molar-refractivity contribution is 7.15. The molecule has 1 aliphatic rings. The van der Waals surface area contributed by atoms with Crippen LogP contribution in [0.3, 0.4) is 0 Å². The van der Waals surface area contributed by atoms with E-state index in [9.17, 15) is 0 Å². The number of benzene rings is 1. The molecule has 1 saturated carbocycles. The molecule has 28 heavy (non-hydrogen) atoms. The van der Waals surface area contributed by atoms with Crippen molar-refractivity contribution in [2.75, 3.05) is 34.4 Å². The number of rotatable bonds is 9. The molecule has 3 rings (SSSR count). The van der Waals surface area contributed by atoms with Gasteiger partial charge >= 0.3 is 0 Å². The smallest absolute Gasteiger partial charge is 0.191 e. The monoisotopic (exact) mass is 401 g/mol. The zero-order valence-corrected chi connectivity index (χ0v) is 17.9. The van der Waals surface area contributed by atoms with E-state index in [1.54, 1.807) is 25.6 Å². The van der Waals surface area contributed by atoms with E-state index in [1.165, 1.54) is 34.6 Å². The standard InChI is InChI=1S/C22H31N3O2S/c1-23-21(25-16-22(11-4-12-22)13-14-26-2)24-15-19-9-10-20(28-19)17-5-7-18(27-3)8-6-17/h5-10H,4,11-16H2,1-3H3,(H2,23,24,25). The molecule has 1 heterocycles. The van der Waals surface area contributed by atoms with E-state index in [0.29, 0.717) is 5.41 Å². The van der Waals surface area contributed by atoms with Crippen LogP contribution in [0.2, 0.25) is 0 Å². The molecule has 1 aromatic carbocycles. The lowest BCUT2D eigenvalue weighted by molar-refractivity contribution is 0.0732. The van der Waals surface area contributed by atoms with Gasteiger partial charge in [0.1, 0.15) is 5.75 Å². The molecular formula is C22H31N3O2S. The molecule has 5 nitrogen and oxygen atoms in total. The van der Waals surface area contributed by atoms with Gasteiger partial charge in [0.2, 0.25) is 0 Å². The zero-order chi connectivity index (χ0) is 19.8. The summed E-state index contributed by atoms with van der Waals surface area (Å²) in [6, 6.07) is 12.5. The normalized spacial score (nSPS) is 15.8. The summed E-state index contributed by atoms with van der Waals surface area (Å²) in [5.41, 5.74) is 1.59. The van der Waals surface area contributed by atoms with Crippen LogP contribution < -0.4 is 15.4 Å². The molecule has 1 aromatic heterocycles. The number of ether oxygens (including phenoxy) is 2. The maximum Gasteiger partial charge on any atom is 0.191 e. The Morgan fingerprint density at radius 3 is 2.50 bits per heavy atom. The van der Waals surface area contributed by atoms with Crippen LogP contribution in [0.5, 0.6) is 5.75 Å². The van der Waals surface area contributed by atoms with Crippen LogP contribution >= 0.6 is 11.3 Å². The van der Waals surface area contributed by atoms with Gasteiger partial charge in [-0.3, -0.25) is 4.99 Å². The van der Waals surface area contributed by atoms with Gasteiger partial charge in [-0.15, -0.1) is 11.3 Å². The average molecular weight is 402 g/mol. The minimum Gasteiger partial charge on any atom is -0.497 e. The fraction of sp³-hybridized carbons (Fsp3) is 0.500. The van der Waals surface area contributed by atoms with Gasteiger partial charge in [-0.25, -0.2) is 0 Å². The first-order valence-electron chi connectivity index (χ1n) is 9.85. The van der Waals surface area contributed by atoms with Gasteiger partial charge in [0, 0.05) is 37.1 Å². The lowest BCUT2D eigenvalue weighted by Crippen LogP contribution is -2.46. The molecule has 0 unspecified atom stereocenters. The lowest BCUT2D eigenvalue weighted by atomic mass is 9.67. The van der Waals surface area contributed by atoms with Crippen LogP contribution in [0.1, 0.15) is 30.6 Å². The van der Waals surface area contributed by atoms with Gasteiger partial charge in [0.05, 0.1) is 13.7 Å². The predicted molar refractivity (Wildman–Crippen MR) is 117 cm³/mol. The number of methoxy groups -OCH3 is 2. The van der Waals surface area contributed by atoms with Crippen LogP contribution in [0, 0.1) is 5.41 Å². The summed E-state index contributed by atoms with van der Waals surface area (Å²) in [5.74, 6) is 1.75. The first-order valence-corrected chi connectivity index (χ1v) is 10.7. The van der Waals surface area contributed by atoms with Crippen molar-refractivity contribution < 1.29 is 9.47 Å². The predicted octanol–water partition coefficient (Wildman–Crippen LogP) is 4.30. The Morgan fingerprint density at radius 1 is 1.11 bits per heavy atom. The summed E-state index contributed by atoms with van der Waals surface area (Å²) in [6.07, 6.45) is 4.98. The summed E-state index contributed by atoms with van der Waals surface area (Å²) in [7, 11) is 5.30. The van der Waals surface area contributed by atoms with E-state index in [2.05, 4.69) is 39.9 Å². The van der Waals surface area contributed by atoms with Gasteiger partial charge < -0.3 is 20.1 Å². The van der Waals surface area contributed by atoms with Crippen molar-refractivity contribution in [2.24, 2.45) is 10.4 Å². The number of nitrogens with zero attached hydrogens (tertiary/aromatic N) is 1. The van der Waals surface area contributed by atoms with Crippen molar-refractivity contribution in [1.82, 2.24) is 10.6 Å². The number of hydrogen-bond donors (Lipinski definition) is 2. The Balaban J connectivity index is 1.50. The van der Waals surface area contributed by atoms with Crippen LogP contribution in [0.4, 0.5) is 0 Å². The highest BCUT2D eigenvalue weighted by Crippen LogP contribution is 2.43. The Kier molecular flexibility index (Phi) is 7.34. The Morgan fingerprint density at radius 2 is 1.89 bits per heavy atom. The second-order valence-electron chi connectivity index (χ2n) is 7.37. The van der Waals surface area contributed by atoms with Gasteiger partial charge in [-0.1, -0.05) is 6.42 Å². The number of nitrogens with one attached hydrogen (secondary N) is 2. The summed E-state index contributed by atoms with van der Waals surface area (Å²) in [4.78, 5) is 6.93. The Labute approximate surface area is 172 Å². The van der Waals surface area contributed by atoms with E-state index in [4.69, 9.17) is 9.47 Å². The average Bonchev–Trinajstić information content (AvgIpc) is 3.18. The molecule has 0 bridgehead atoms. The van der Waals surface area contributed by atoms with Crippen LogP contribution in [-0.4, -0.2) is 40.4 Å². The fourth-order valence-electron chi connectivity index (χ4n) is 3.56. The quantitative estimate of drug-likeness (QED) is 0.486. The molecule has 6 heteroatoms. The molecule has 0 spiro atoms. The van der Waals surface area contributed by atoms with E-state index in [0.717, 1.165) is 37.8 Å². The van der Waals surface area contributed by atoms with Gasteiger partial charge in [-0.05, 0) is 66.6 Å². The van der Waals surface area contributed by atoms with Crippen molar-refractivity contribution >= 4 is 17.3 Å². The van der Waals surface area contributed by atoms with E-state index in [-0.39, 0.29) is 0 Å². The molecule has 1 aliphatic carbocycles. The summed E-state index contributed by atoms with van der Waals surface area (Å²) in [5, 5.41) is 6.96. The number of guanidine groups is 1. The molecule has 0 atom stereocenters. The second kappa shape index (κ2) is 9.94. The number of hydrogen-bond acceptors (Lipinski definition) is 4. The van der Waals surface area contributed by atoms with Crippen molar-refractivity contribution in [3.05, 3.63) is 41.3 Å². The molecule has 2 aromatic rings. The van der Waals surface area contributed by atoms with E-state index >= 15 is 0 Å². The Hall–Kier alpha value is -2.05. The second-order valence-corrected chi connectivity index (χ2v) is 8.54. The maximum atomic E-state index is 5.28. The highest BCUT2D eigenvalue weighted by atomic mass is 32.1. The molecule has 2 N–H and O–H groups in total. The first-order chi connectivity index (χ1) is 13.7. The summed E-state index contributed by atoms with van der Waals surface area (Å²) >= 11 is 1.80. The summed E-state index contributed by atoms with van der Waals surface area (Å²) in [6.45, 7) is 2.56. The molecule has 0 radical (unpaired) electrons. The zero-order valence-electron chi connectivity index (χ0n) is 17.1. The molecule has 0 aliphatic heterocycles. The third-order valence-corrected chi connectivity index (χ3v) is 6.71. The molecule has 152 valence electrons. The largest absolute Gasteiger partial charge is 0.497 e. The van der Waals surface area contributed by atoms with Crippen LogP contribution in [0.25, 0.3) is 10.4 Å². The SMILES string of the molecule is CN=C(NCc1ccc(-c2ccc(OC)cc2)s1)NCC1(CCOC)CCC1. The van der Waals surface area contributed by atoms with Gasteiger partial charge in [0.25, 0.3) is 0 Å². The number of aliphatic imine (C=N–C) groups is 1. The molecule has 0 saturated heterocycles.